The first-order valence-corrected chi connectivity index (χ1v) is 9.04. The number of aromatic nitrogens is 2. The summed E-state index contributed by atoms with van der Waals surface area (Å²) >= 11 is 6.07. The van der Waals surface area contributed by atoms with E-state index < -0.39 is 0 Å². The van der Waals surface area contributed by atoms with Gasteiger partial charge in [0.1, 0.15) is 0 Å². The Morgan fingerprint density at radius 3 is 2.44 bits per heavy atom. The van der Waals surface area contributed by atoms with Crippen molar-refractivity contribution in [3.8, 4) is 11.3 Å². The van der Waals surface area contributed by atoms with Gasteiger partial charge in [0.25, 0.3) is 0 Å². The molecule has 2 aromatic heterocycles. The molecule has 0 bridgehead atoms. The van der Waals surface area contributed by atoms with E-state index in [2.05, 4.69) is 19.0 Å². The highest BCUT2D eigenvalue weighted by Crippen LogP contribution is 2.38. The summed E-state index contributed by atoms with van der Waals surface area (Å²) in [5, 5.41) is 7.19. The van der Waals surface area contributed by atoms with E-state index in [-0.39, 0.29) is 0 Å². The maximum absolute atomic E-state index is 6.07. The molecule has 3 nitrogen and oxygen atoms in total. The Morgan fingerprint density at radius 2 is 1.72 bits per heavy atom. The molecule has 2 heterocycles. The number of halogens is 1. The van der Waals surface area contributed by atoms with E-state index in [1.54, 1.807) is 0 Å². The Morgan fingerprint density at radius 1 is 1.00 bits per heavy atom. The molecular weight excluding hydrogens is 332 g/mol. The third-order valence-electron chi connectivity index (χ3n) is 4.83. The lowest BCUT2D eigenvalue weighted by atomic mass is 9.94. The normalized spacial score (nSPS) is 11.7. The molecule has 0 aliphatic rings. The van der Waals surface area contributed by atoms with Crippen molar-refractivity contribution >= 4 is 33.5 Å². The van der Waals surface area contributed by atoms with Crippen LogP contribution in [0.3, 0.4) is 0 Å². The van der Waals surface area contributed by atoms with Gasteiger partial charge in [-0.1, -0.05) is 54.9 Å². The molecular formula is C21H19ClN2O. The molecule has 0 spiro atoms. The van der Waals surface area contributed by atoms with Crippen molar-refractivity contribution in [1.29, 1.82) is 0 Å². The van der Waals surface area contributed by atoms with Crippen molar-refractivity contribution in [2.75, 3.05) is 0 Å². The number of benzene rings is 2. The van der Waals surface area contributed by atoms with E-state index >= 15 is 0 Å². The molecule has 0 aliphatic heterocycles. The van der Waals surface area contributed by atoms with Crippen molar-refractivity contribution in [1.82, 2.24) is 10.1 Å². The maximum atomic E-state index is 6.07. The second-order valence-electron chi connectivity index (χ2n) is 6.27. The van der Waals surface area contributed by atoms with Crippen molar-refractivity contribution in [2.45, 2.75) is 32.6 Å². The largest absolute Gasteiger partial charge is 0.355 e. The second-order valence-corrected chi connectivity index (χ2v) is 6.71. The number of hydrogen-bond donors (Lipinski definition) is 0. The molecule has 0 unspecified atom stereocenters. The number of fused-ring (bicyclic) bond motifs is 3. The van der Waals surface area contributed by atoms with E-state index in [0.29, 0.717) is 10.9 Å². The fourth-order valence-electron chi connectivity index (χ4n) is 3.43. The van der Waals surface area contributed by atoms with Gasteiger partial charge in [0.2, 0.25) is 0 Å². The zero-order chi connectivity index (χ0) is 17.4. The highest BCUT2D eigenvalue weighted by atomic mass is 35.5. The summed E-state index contributed by atoms with van der Waals surface area (Å²) in [4.78, 5) is 4.94. The minimum Gasteiger partial charge on any atom is -0.355 e. The number of rotatable bonds is 4. The van der Waals surface area contributed by atoms with Gasteiger partial charge in [-0.25, -0.2) is 4.98 Å². The van der Waals surface area contributed by atoms with E-state index in [0.717, 1.165) is 51.7 Å². The van der Waals surface area contributed by atoms with Crippen LogP contribution in [0.15, 0.2) is 53.1 Å². The van der Waals surface area contributed by atoms with Gasteiger partial charge in [0, 0.05) is 21.9 Å². The highest BCUT2D eigenvalue weighted by Gasteiger charge is 2.22. The first-order valence-electron chi connectivity index (χ1n) is 8.66. The van der Waals surface area contributed by atoms with Crippen LogP contribution in [0.1, 0.15) is 38.3 Å². The summed E-state index contributed by atoms with van der Waals surface area (Å²) in [6.07, 6.45) is 2.04. The van der Waals surface area contributed by atoms with Gasteiger partial charge in [-0.15, -0.1) is 0 Å². The zero-order valence-electron chi connectivity index (χ0n) is 14.3. The SMILES string of the molecule is CCC(CC)c1noc2c1c(-c1ccc(Cl)cc1)nc1ccccc12. The number of nitrogens with zero attached hydrogens (tertiary/aromatic N) is 2. The maximum Gasteiger partial charge on any atom is 0.178 e. The van der Waals surface area contributed by atoms with Gasteiger partial charge in [-0.2, -0.15) is 0 Å². The molecule has 25 heavy (non-hydrogen) atoms. The van der Waals surface area contributed by atoms with Crippen LogP contribution in [0.25, 0.3) is 33.1 Å². The van der Waals surface area contributed by atoms with Crippen molar-refractivity contribution in [3.05, 3.63) is 59.2 Å². The smallest absolute Gasteiger partial charge is 0.178 e. The molecule has 0 aliphatic carbocycles. The predicted octanol–water partition coefficient (Wildman–Crippen LogP) is 6.60. The molecule has 2 aromatic carbocycles. The third-order valence-corrected chi connectivity index (χ3v) is 5.08. The number of pyridine rings is 1. The minimum absolute atomic E-state index is 0.357. The van der Waals surface area contributed by atoms with Crippen LogP contribution < -0.4 is 0 Å². The molecule has 4 aromatic rings. The summed E-state index contributed by atoms with van der Waals surface area (Å²) in [6.45, 7) is 4.37. The van der Waals surface area contributed by atoms with Crippen molar-refractivity contribution < 1.29 is 4.52 Å². The molecule has 0 saturated carbocycles. The van der Waals surface area contributed by atoms with Crippen LogP contribution in [0, 0.1) is 0 Å². The Bertz CT molecular complexity index is 1030. The van der Waals surface area contributed by atoms with Gasteiger partial charge in [-0.05, 0) is 37.1 Å². The van der Waals surface area contributed by atoms with Crippen LogP contribution in [0.4, 0.5) is 0 Å². The summed E-state index contributed by atoms with van der Waals surface area (Å²) in [6, 6.07) is 15.8. The van der Waals surface area contributed by atoms with Crippen molar-refractivity contribution in [3.63, 3.8) is 0 Å². The van der Waals surface area contributed by atoms with Gasteiger partial charge in [-0.3, -0.25) is 0 Å². The fraction of sp³-hybridized carbons (Fsp3) is 0.238. The van der Waals surface area contributed by atoms with Crippen LogP contribution in [0.5, 0.6) is 0 Å². The first kappa shape index (κ1) is 16.1. The quantitative estimate of drug-likeness (QED) is 0.416. The topological polar surface area (TPSA) is 38.9 Å². The van der Waals surface area contributed by atoms with Crippen LogP contribution in [-0.4, -0.2) is 10.1 Å². The Labute approximate surface area is 151 Å². The van der Waals surface area contributed by atoms with Gasteiger partial charge in [0.15, 0.2) is 5.58 Å². The lowest BCUT2D eigenvalue weighted by Crippen LogP contribution is -1.98. The second kappa shape index (κ2) is 6.49. The highest BCUT2D eigenvalue weighted by molar-refractivity contribution is 6.30. The standard InChI is InChI=1S/C21H19ClN2O/c1-3-13(4-2)20-18-19(14-9-11-15(22)12-10-14)23-17-8-6-5-7-16(17)21(18)25-24-20/h5-13H,3-4H2,1-2H3. The Kier molecular flexibility index (Phi) is 4.18. The van der Waals surface area contributed by atoms with Gasteiger partial charge >= 0.3 is 0 Å². The molecule has 0 N–H and O–H groups in total. The van der Waals surface area contributed by atoms with Gasteiger partial charge in [0.05, 0.1) is 22.3 Å². The summed E-state index contributed by atoms with van der Waals surface area (Å²) in [5.74, 6) is 0.357. The monoisotopic (exact) mass is 350 g/mol. The van der Waals surface area contributed by atoms with Crippen LogP contribution in [-0.2, 0) is 0 Å². The minimum atomic E-state index is 0.357. The fourth-order valence-corrected chi connectivity index (χ4v) is 3.55. The molecule has 0 saturated heterocycles. The lowest BCUT2D eigenvalue weighted by Gasteiger charge is -2.11. The average Bonchev–Trinajstić information content (AvgIpc) is 3.08. The first-order chi connectivity index (χ1) is 12.2. The molecule has 4 rings (SSSR count). The summed E-state index contributed by atoms with van der Waals surface area (Å²) in [5.41, 5.74) is 4.66. The molecule has 0 radical (unpaired) electrons. The Balaban J connectivity index is 2.10. The van der Waals surface area contributed by atoms with Crippen LogP contribution >= 0.6 is 11.6 Å². The summed E-state index contributed by atoms with van der Waals surface area (Å²) < 4.78 is 5.82. The molecule has 0 fully saturated rings. The zero-order valence-corrected chi connectivity index (χ0v) is 15.0. The lowest BCUT2D eigenvalue weighted by molar-refractivity contribution is 0.434. The molecule has 4 heteroatoms. The van der Waals surface area contributed by atoms with E-state index in [1.165, 1.54) is 0 Å². The number of hydrogen-bond acceptors (Lipinski definition) is 3. The van der Waals surface area contributed by atoms with E-state index in [4.69, 9.17) is 21.1 Å². The molecule has 0 atom stereocenters. The van der Waals surface area contributed by atoms with Crippen LogP contribution in [0.2, 0.25) is 5.02 Å². The van der Waals surface area contributed by atoms with Crippen molar-refractivity contribution in [2.24, 2.45) is 0 Å². The third kappa shape index (κ3) is 2.69. The van der Waals surface area contributed by atoms with E-state index in [1.807, 2.05) is 48.5 Å². The Hall–Kier alpha value is -2.39. The molecule has 0 amide bonds. The average molecular weight is 351 g/mol. The summed E-state index contributed by atoms with van der Waals surface area (Å²) in [7, 11) is 0. The number of para-hydroxylation sites is 1. The molecule has 126 valence electrons. The van der Waals surface area contributed by atoms with E-state index in [9.17, 15) is 0 Å². The predicted molar refractivity (Wildman–Crippen MR) is 103 cm³/mol. The van der Waals surface area contributed by atoms with Gasteiger partial charge < -0.3 is 4.52 Å².